The van der Waals surface area contributed by atoms with Crippen molar-refractivity contribution in [2.24, 2.45) is 5.41 Å². The van der Waals surface area contributed by atoms with Crippen LogP contribution in [0.25, 0.3) is 0 Å². The predicted molar refractivity (Wildman–Crippen MR) is 65.3 cm³/mol. The molecule has 0 atom stereocenters. The minimum Gasteiger partial charge on any atom is -0.468 e. The Bertz CT molecular complexity index is 295. The minimum absolute atomic E-state index is 0.332. The molecule has 0 heterocycles. The maximum absolute atomic E-state index is 11.8. The third-order valence-corrected chi connectivity index (χ3v) is 2.34. The van der Waals surface area contributed by atoms with Crippen LogP contribution in [0.3, 0.4) is 0 Å². The van der Waals surface area contributed by atoms with Gasteiger partial charge in [0.15, 0.2) is 5.41 Å². The average Bonchev–Trinajstić information content (AvgIpc) is 2.28. The maximum atomic E-state index is 11.8. The highest BCUT2D eigenvalue weighted by Gasteiger charge is 2.39. The van der Waals surface area contributed by atoms with Crippen molar-refractivity contribution >= 4 is 11.9 Å². The molecule has 0 aliphatic rings. The first-order valence-corrected chi connectivity index (χ1v) is 5.41. The molecule has 0 amide bonds. The molecule has 0 N–H and O–H groups in total. The highest BCUT2D eigenvalue weighted by molar-refractivity contribution is 5.99. The van der Waals surface area contributed by atoms with Crippen LogP contribution >= 0.6 is 0 Å². The second-order valence-corrected chi connectivity index (χ2v) is 4.19. The minimum atomic E-state index is -1.30. The van der Waals surface area contributed by atoms with Gasteiger partial charge in [0.25, 0.3) is 0 Å². The van der Waals surface area contributed by atoms with Crippen molar-refractivity contribution in [2.75, 3.05) is 7.11 Å². The lowest BCUT2D eigenvalue weighted by molar-refractivity contribution is -0.171. The summed E-state index contributed by atoms with van der Waals surface area (Å²) < 4.78 is 9.79. The van der Waals surface area contributed by atoms with Crippen LogP contribution in [0, 0.1) is 5.41 Å². The van der Waals surface area contributed by atoms with Crippen LogP contribution in [0.5, 0.6) is 0 Å². The van der Waals surface area contributed by atoms with Crippen molar-refractivity contribution < 1.29 is 19.1 Å². The van der Waals surface area contributed by atoms with Crippen molar-refractivity contribution in [3.05, 3.63) is 25.3 Å². The van der Waals surface area contributed by atoms with E-state index in [1.165, 1.54) is 21.0 Å². The third kappa shape index (κ3) is 4.43. The summed E-state index contributed by atoms with van der Waals surface area (Å²) in [5, 5.41) is 0. The summed E-state index contributed by atoms with van der Waals surface area (Å²) in [5.74, 6) is -1.21. The van der Waals surface area contributed by atoms with E-state index in [4.69, 9.17) is 4.74 Å². The van der Waals surface area contributed by atoms with E-state index in [1.807, 2.05) is 0 Å². The number of hydrogen-bond donors (Lipinski definition) is 0. The van der Waals surface area contributed by atoms with Gasteiger partial charge in [-0.25, -0.2) is 0 Å². The Morgan fingerprint density at radius 3 is 2.00 bits per heavy atom. The summed E-state index contributed by atoms with van der Waals surface area (Å²) in [7, 11) is 1.24. The fraction of sp³-hybridized carbons (Fsp3) is 0.538. The molecule has 0 aromatic rings. The molecule has 0 aromatic heterocycles. The van der Waals surface area contributed by atoms with Gasteiger partial charge in [-0.3, -0.25) is 9.59 Å². The van der Waals surface area contributed by atoms with Crippen LogP contribution in [0.4, 0.5) is 0 Å². The smallest absolute Gasteiger partial charge is 0.323 e. The molecule has 4 heteroatoms. The topological polar surface area (TPSA) is 52.6 Å². The number of carbonyl (C=O) groups is 2. The molecule has 0 unspecified atom stereocenters. The van der Waals surface area contributed by atoms with Gasteiger partial charge in [0.2, 0.25) is 0 Å². The largest absolute Gasteiger partial charge is 0.468 e. The van der Waals surface area contributed by atoms with Crippen LogP contribution in [0.2, 0.25) is 0 Å². The normalized spacial score (nSPS) is 10.8. The molecule has 4 nitrogen and oxygen atoms in total. The molecule has 0 aliphatic heterocycles. The van der Waals surface area contributed by atoms with Crippen LogP contribution < -0.4 is 0 Å². The number of esters is 2. The molecule has 0 rings (SSSR count). The molecule has 0 bridgehead atoms. The molecule has 0 saturated heterocycles. The van der Waals surface area contributed by atoms with E-state index in [2.05, 4.69) is 17.9 Å². The summed E-state index contributed by atoms with van der Waals surface area (Å²) in [5.41, 5.74) is -1.30. The maximum Gasteiger partial charge on any atom is 0.323 e. The Kier molecular flexibility index (Phi) is 6.25. The molecule has 0 saturated carbocycles. The SMILES string of the molecule is C=CCC(CC=C)OC(=O)C(C)(C)C(=O)OC. The summed E-state index contributed by atoms with van der Waals surface area (Å²) in [6.45, 7) is 10.1. The first-order valence-electron chi connectivity index (χ1n) is 5.41. The van der Waals surface area contributed by atoms with Crippen molar-refractivity contribution in [3.63, 3.8) is 0 Å². The molecule has 17 heavy (non-hydrogen) atoms. The first-order chi connectivity index (χ1) is 7.89. The summed E-state index contributed by atoms with van der Waals surface area (Å²) in [4.78, 5) is 23.2. The molecular weight excluding hydrogens is 220 g/mol. The van der Waals surface area contributed by atoms with Gasteiger partial charge in [-0.15, -0.1) is 13.2 Å². The average molecular weight is 240 g/mol. The van der Waals surface area contributed by atoms with Gasteiger partial charge in [0.05, 0.1) is 7.11 Å². The van der Waals surface area contributed by atoms with Gasteiger partial charge < -0.3 is 9.47 Å². The fourth-order valence-electron chi connectivity index (χ4n) is 1.20. The van der Waals surface area contributed by atoms with Crippen molar-refractivity contribution in [2.45, 2.75) is 32.8 Å². The lowest BCUT2D eigenvalue weighted by atomic mass is 9.94. The molecule has 0 aliphatic carbocycles. The van der Waals surface area contributed by atoms with Gasteiger partial charge in [-0.05, 0) is 13.8 Å². The number of carbonyl (C=O) groups excluding carboxylic acids is 2. The van der Waals surface area contributed by atoms with Crippen molar-refractivity contribution in [3.8, 4) is 0 Å². The highest BCUT2D eigenvalue weighted by Crippen LogP contribution is 2.21. The molecule has 0 fully saturated rings. The summed E-state index contributed by atoms with van der Waals surface area (Å²) in [6.07, 6.45) is 4.03. The van der Waals surface area contributed by atoms with E-state index in [0.29, 0.717) is 12.8 Å². The summed E-state index contributed by atoms with van der Waals surface area (Å²) in [6, 6.07) is 0. The Morgan fingerprint density at radius 1 is 1.18 bits per heavy atom. The van der Waals surface area contributed by atoms with Gasteiger partial charge >= 0.3 is 11.9 Å². The third-order valence-electron chi connectivity index (χ3n) is 2.34. The van der Waals surface area contributed by atoms with Crippen molar-refractivity contribution in [1.29, 1.82) is 0 Å². The Hall–Kier alpha value is -1.58. The molecule has 0 aromatic carbocycles. The summed E-state index contributed by atoms with van der Waals surface area (Å²) >= 11 is 0. The van der Waals surface area contributed by atoms with Crippen LogP contribution in [0.1, 0.15) is 26.7 Å². The Balaban J connectivity index is 4.63. The van der Waals surface area contributed by atoms with Gasteiger partial charge in [0, 0.05) is 12.8 Å². The predicted octanol–water partition coefficient (Wildman–Crippen LogP) is 2.25. The van der Waals surface area contributed by atoms with Gasteiger partial charge in [-0.1, -0.05) is 12.2 Å². The molecule has 0 spiro atoms. The van der Waals surface area contributed by atoms with Crippen LogP contribution in [0.15, 0.2) is 25.3 Å². The second-order valence-electron chi connectivity index (χ2n) is 4.19. The second kappa shape index (κ2) is 6.89. The van der Waals surface area contributed by atoms with Gasteiger partial charge in [0.1, 0.15) is 6.10 Å². The molecular formula is C13H20O4. The Labute approximate surface area is 102 Å². The van der Waals surface area contributed by atoms with E-state index in [-0.39, 0.29) is 6.10 Å². The zero-order chi connectivity index (χ0) is 13.5. The molecule has 0 radical (unpaired) electrons. The van der Waals surface area contributed by atoms with Gasteiger partial charge in [-0.2, -0.15) is 0 Å². The monoisotopic (exact) mass is 240 g/mol. The first kappa shape index (κ1) is 15.4. The van der Waals surface area contributed by atoms with Crippen LogP contribution in [-0.4, -0.2) is 25.2 Å². The molecule has 96 valence electrons. The number of rotatable bonds is 7. The zero-order valence-electron chi connectivity index (χ0n) is 10.7. The standard InChI is InChI=1S/C13H20O4/c1-6-8-10(9-7-2)17-12(15)13(3,4)11(14)16-5/h6-7,10H,1-2,8-9H2,3-5H3. The highest BCUT2D eigenvalue weighted by atomic mass is 16.6. The number of hydrogen-bond acceptors (Lipinski definition) is 4. The van der Waals surface area contributed by atoms with Crippen LogP contribution in [-0.2, 0) is 19.1 Å². The zero-order valence-corrected chi connectivity index (χ0v) is 10.7. The number of ether oxygens (including phenoxy) is 2. The van der Waals surface area contributed by atoms with E-state index >= 15 is 0 Å². The quantitative estimate of drug-likeness (QED) is 0.389. The fourth-order valence-corrected chi connectivity index (χ4v) is 1.20. The van der Waals surface area contributed by atoms with E-state index in [1.54, 1.807) is 12.2 Å². The van der Waals surface area contributed by atoms with E-state index < -0.39 is 17.4 Å². The Morgan fingerprint density at radius 2 is 1.65 bits per heavy atom. The lowest BCUT2D eigenvalue weighted by Gasteiger charge is -2.23. The van der Waals surface area contributed by atoms with E-state index in [9.17, 15) is 9.59 Å². The van der Waals surface area contributed by atoms with E-state index in [0.717, 1.165) is 0 Å². The number of methoxy groups -OCH3 is 1. The van der Waals surface area contributed by atoms with Crippen molar-refractivity contribution in [1.82, 2.24) is 0 Å². The lowest BCUT2D eigenvalue weighted by Crippen LogP contribution is -2.38.